The molecule has 0 saturated heterocycles. The van der Waals surface area contributed by atoms with Gasteiger partial charge in [0.15, 0.2) is 0 Å². The number of esters is 1. The number of hydrogen-bond donors (Lipinski definition) is 2. The molecule has 0 aliphatic heterocycles. The minimum Gasteiger partial charge on any atom is -0.497 e. The highest BCUT2D eigenvalue weighted by atomic mass is 16.5. The van der Waals surface area contributed by atoms with Gasteiger partial charge in [0.2, 0.25) is 5.91 Å². The quantitative estimate of drug-likeness (QED) is 0.641. The Morgan fingerprint density at radius 2 is 1.36 bits per heavy atom. The summed E-state index contributed by atoms with van der Waals surface area (Å²) >= 11 is 0. The zero-order valence-corrected chi connectivity index (χ0v) is 16.3. The number of rotatable bonds is 9. The number of benzene rings is 2. The number of carbonyl (C=O) groups excluding carboxylic acids is 2. The fourth-order valence-electron chi connectivity index (χ4n) is 2.74. The van der Waals surface area contributed by atoms with E-state index < -0.39 is 12.0 Å². The van der Waals surface area contributed by atoms with Crippen LogP contribution in [0, 0.1) is 0 Å². The van der Waals surface area contributed by atoms with Gasteiger partial charge >= 0.3 is 5.97 Å². The van der Waals surface area contributed by atoms with Crippen LogP contribution in [0.25, 0.3) is 0 Å². The second kappa shape index (κ2) is 10.3. The Kier molecular flexibility index (Phi) is 7.83. The molecular formula is C21H26N2O5. The summed E-state index contributed by atoms with van der Waals surface area (Å²) in [5.41, 5.74) is 7.51. The van der Waals surface area contributed by atoms with E-state index in [1.54, 1.807) is 14.2 Å². The van der Waals surface area contributed by atoms with Crippen molar-refractivity contribution < 1.29 is 23.8 Å². The number of methoxy groups -OCH3 is 3. The summed E-state index contributed by atoms with van der Waals surface area (Å²) < 4.78 is 15.0. The van der Waals surface area contributed by atoms with Crippen molar-refractivity contribution >= 4 is 11.9 Å². The van der Waals surface area contributed by atoms with Crippen molar-refractivity contribution in [3.63, 3.8) is 0 Å². The summed E-state index contributed by atoms with van der Waals surface area (Å²) in [5.74, 6) is 0.714. The van der Waals surface area contributed by atoms with Crippen molar-refractivity contribution in [1.82, 2.24) is 5.32 Å². The van der Waals surface area contributed by atoms with Gasteiger partial charge in [0.25, 0.3) is 0 Å². The van der Waals surface area contributed by atoms with Crippen LogP contribution in [-0.2, 0) is 14.3 Å². The minimum atomic E-state index is -0.823. The molecule has 0 unspecified atom stereocenters. The molecular weight excluding hydrogens is 360 g/mol. The monoisotopic (exact) mass is 386 g/mol. The smallest absolute Gasteiger partial charge is 0.322 e. The highest BCUT2D eigenvalue weighted by Gasteiger charge is 2.20. The molecule has 28 heavy (non-hydrogen) atoms. The third-order valence-electron chi connectivity index (χ3n) is 4.39. The molecule has 2 aromatic carbocycles. The second-order valence-corrected chi connectivity index (χ2v) is 6.22. The predicted octanol–water partition coefficient (Wildman–Crippen LogP) is 2.19. The number of ether oxygens (including phenoxy) is 3. The third-order valence-corrected chi connectivity index (χ3v) is 4.39. The molecule has 0 aromatic heterocycles. The molecule has 0 aliphatic rings. The average molecular weight is 386 g/mol. The van der Waals surface area contributed by atoms with E-state index >= 15 is 0 Å². The van der Waals surface area contributed by atoms with E-state index in [9.17, 15) is 9.59 Å². The van der Waals surface area contributed by atoms with Gasteiger partial charge in [0, 0.05) is 6.42 Å². The highest BCUT2D eigenvalue weighted by molar-refractivity contribution is 5.79. The summed E-state index contributed by atoms with van der Waals surface area (Å²) in [4.78, 5) is 23.9. The van der Waals surface area contributed by atoms with Gasteiger partial charge in [-0.05, 0) is 41.8 Å². The van der Waals surface area contributed by atoms with Crippen LogP contribution in [0.4, 0.5) is 0 Å². The molecule has 0 bridgehead atoms. The molecule has 0 radical (unpaired) electrons. The number of hydrogen-bond acceptors (Lipinski definition) is 6. The van der Waals surface area contributed by atoms with Gasteiger partial charge in [0.05, 0.1) is 27.4 Å². The maximum Gasteiger partial charge on any atom is 0.322 e. The SMILES string of the molecule is COC(=O)[C@@H](N)CCC(=O)NC(c1ccc(OC)cc1)c1ccc(OC)cc1. The van der Waals surface area contributed by atoms with E-state index in [1.165, 1.54) is 7.11 Å². The number of nitrogens with two attached hydrogens (primary N) is 1. The van der Waals surface area contributed by atoms with Crippen molar-refractivity contribution in [2.24, 2.45) is 5.73 Å². The van der Waals surface area contributed by atoms with Gasteiger partial charge in [-0.15, -0.1) is 0 Å². The predicted molar refractivity (Wildman–Crippen MR) is 105 cm³/mol. The summed E-state index contributed by atoms with van der Waals surface area (Å²) in [6.45, 7) is 0. The first-order valence-corrected chi connectivity index (χ1v) is 8.89. The Morgan fingerprint density at radius 3 is 1.75 bits per heavy atom. The van der Waals surface area contributed by atoms with Gasteiger partial charge in [0.1, 0.15) is 17.5 Å². The van der Waals surface area contributed by atoms with E-state index in [0.717, 1.165) is 22.6 Å². The largest absolute Gasteiger partial charge is 0.497 e. The normalized spacial score (nSPS) is 11.6. The van der Waals surface area contributed by atoms with Crippen LogP contribution in [0.2, 0.25) is 0 Å². The molecule has 1 atom stereocenters. The lowest BCUT2D eigenvalue weighted by Crippen LogP contribution is -2.35. The van der Waals surface area contributed by atoms with Crippen LogP contribution in [0.3, 0.4) is 0 Å². The van der Waals surface area contributed by atoms with Crippen LogP contribution < -0.4 is 20.5 Å². The Labute approximate surface area is 164 Å². The highest BCUT2D eigenvalue weighted by Crippen LogP contribution is 2.26. The molecule has 0 aliphatic carbocycles. The fourth-order valence-corrected chi connectivity index (χ4v) is 2.74. The van der Waals surface area contributed by atoms with Crippen molar-refractivity contribution in [2.75, 3.05) is 21.3 Å². The van der Waals surface area contributed by atoms with Gasteiger partial charge in [-0.2, -0.15) is 0 Å². The summed E-state index contributed by atoms with van der Waals surface area (Å²) in [7, 11) is 4.47. The number of carbonyl (C=O) groups is 2. The zero-order chi connectivity index (χ0) is 20.5. The topological polar surface area (TPSA) is 99.9 Å². The second-order valence-electron chi connectivity index (χ2n) is 6.22. The molecule has 3 N–H and O–H groups in total. The molecule has 0 spiro atoms. The Hall–Kier alpha value is -3.06. The van der Waals surface area contributed by atoms with Crippen LogP contribution >= 0.6 is 0 Å². The van der Waals surface area contributed by atoms with Gasteiger partial charge in [-0.1, -0.05) is 24.3 Å². The average Bonchev–Trinajstić information content (AvgIpc) is 2.75. The van der Waals surface area contributed by atoms with Crippen molar-refractivity contribution in [3.8, 4) is 11.5 Å². The molecule has 2 aromatic rings. The van der Waals surface area contributed by atoms with E-state index in [4.69, 9.17) is 15.2 Å². The first-order chi connectivity index (χ1) is 13.5. The number of amides is 1. The first-order valence-electron chi connectivity index (χ1n) is 8.89. The van der Waals surface area contributed by atoms with E-state index in [2.05, 4.69) is 10.1 Å². The van der Waals surface area contributed by atoms with Gasteiger partial charge in [-0.3, -0.25) is 9.59 Å². The third kappa shape index (κ3) is 5.72. The Balaban J connectivity index is 2.17. The van der Waals surface area contributed by atoms with Gasteiger partial charge in [-0.25, -0.2) is 0 Å². The lowest BCUT2D eigenvalue weighted by Gasteiger charge is -2.21. The molecule has 0 saturated carbocycles. The van der Waals surface area contributed by atoms with Crippen LogP contribution in [0.1, 0.15) is 30.0 Å². The molecule has 7 heteroatoms. The lowest BCUT2D eigenvalue weighted by atomic mass is 9.98. The maximum absolute atomic E-state index is 12.5. The van der Waals surface area contributed by atoms with E-state index in [-0.39, 0.29) is 24.8 Å². The molecule has 150 valence electrons. The van der Waals surface area contributed by atoms with Crippen LogP contribution in [0.5, 0.6) is 11.5 Å². The van der Waals surface area contributed by atoms with Crippen molar-refractivity contribution in [3.05, 3.63) is 59.7 Å². The molecule has 2 rings (SSSR count). The molecule has 0 heterocycles. The van der Waals surface area contributed by atoms with Crippen LogP contribution in [-0.4, -0.2) is 39.2 Å². The summed E-state index contributed by atoms with van der Waals surface area (Å²) in [6, 6.07) is 13.8. The summed E-state index contributed by atoms with van der Waals surface area (Å²) in [6.07, 6.45) is 0.315. The van der Waals surface area contributed by atoms with Gasteiger partial charge < -0.3 is 25.3 Å². The maximum atomic E-state index is 12.5. The standard InChI is InChI=1S/C21H26N2O5/c1-26-16-8-4-14(5-9-16)20(15-6-10-17(27-2)11-7-15)23-19(24)13-12-18(22)21(25)28-3/h4-11,18,20H,12-13,22H2,1-3H3,(H,23,24)/t18-/m0/s1. The molecule has 0 fully saturated rings. The zero-order valence-electron chi connectivity index (χ0n) is 16.3. The van der Waals surface area contributed by atoms with Crippen LogP contribution in [0.15, 0.2) is 48.5 Å². The molecule has 1 amide bonds. The Bertz CT molecular complexity index is 727. The Morgan fingerprint density at radius 1 is 0.893 bits per heavy atom. The van der Waals surface area contributed by atoms with Crippen molar-refractivity contribution in [1.29, 1.82) is 0 Å². The summed E-state index contributed by atoms with van der Waals surface area (Å²) in [5, 5.41) is 3.01. The fraction of sp³-hybridized carbons (Fsp3) is 0.333. The number of nitrogens with one attached hydrogen (secondary N) is 1. The van der Waals surface area contributed by atoms with E-state index in [1.807, 2.05) is 48.5 Å². The minimum absolute atomic E-state index is 0.110. The lowest BCUT2D eigenvalue weighted by molar-refractivity contribution is -0.142. The van der Waals surface area contributed by atoms with E-state index in [0.29, 0.717) is 0 Å². The molecule has 7 nitrogen and oxygen atoms in total. The first kappa shape index (κ1) is 21.2. The van der Waals surface area contributed by atoms with Crippen molar-refractivity contribution in [2.45, 2.75) is 24.9 Å².